The fraction of sp³-hybridized carbons (Fsp3) is 0.100. The van der Waals surface area contributed by atoms with E-state index in [0.29, 0.717) is 11.7 Å². The van der Waals surface area contributed by atoms with Crippen molar-refractivity contribution in [2.75, 3.05) is 12.4 Å². The maximum Gasteiger partial charge on any atom is 0.248 e. The Morgan fingerprint density at radius 1 is 1.29 bits per heavy atom. The number of aromatic amines is 1. The summed E-state index contributed by atoms with van der Waals surface area (Å²) in [5, 5.41) is 8.00. The zero-order valence-electron chi connectivity index (χ0n) is 15.4. The van der Waals surface area contributed by atoms with E-state index in [1.165, 1.54) is 6.08 Å². The van der Waals surface area contributed by atoms with Crippen LogP contribution in [0.2, 0.25) is 0 Å². The third kappa shape index (κ3) is 3.11. The summed E-state index contributed by atoms with van der Waals surface area (Å²) in [7, 11) is 3.38. The van der Waals surface area contributed by atoms with Crippen LogP contribution in [-0.4, -0.2) is 37.7 Å². The van der Waals surface area contributed by atoms with E-state index < -0.39 is 0 Å². The molecular formula is C20H18N6O2. The molecule has 0 aromatic carbocycles. The number of H-pyrrole nitrogens is 1. The zero-order valence-corrected chi connectivity index (χ0v) is 15.4. The highest BCUT2D eigenvalue weighted by atomic mass is 16.5. The van der Waals surface area contributed by atoms with Crippen LogP contribution in [0.15, 0.2) is 55.6 Å². The van der Waals surface area contributed by atoms with Crippen LogP contribution in [0.5, 0.6) is 5.88 Å². The van der Waals surface area contributed by atoms with E-state index in [4.69, 9.17) is 4.74 Å². The average molecular weight is 374 g/mol. The van der Waals surface area contributed by atoms with Crippen molar-refractivity contribution in [3.05, 3.63) is 55.6 Å². The van der Waals surface area contributed by atoms with Gasteiger partial charge in [0.05, 0.1) is 7.11 Å². The molecule has 2 N–H and O–H groups in total. The topological polar surface area (TPSA) is 97.7 Å². The quantitative estimate of drug-likeness (QED) is 0.523. The van der Waals surface area contributed by atoms with Crippen molar-refractivity contribution in [2.24, 2.45) is 7.05 Å². The van der Waals surface area contributed by atoms with E-state index in [1.807, 2.05) is 30.6 Å². The highest BCUT2D eigenvalue weighted by Gasteiger charge is 2.15. The Morgan fingerprint density at radius 2 is 2.14 bits per heavy atom. The largest absolute Gasteiger partial charge is 0.481 e. The van der Waals surface area contributed by atoms with Gasteiger partial charge in [-0.3, -0.25) is 9.48 Å². The number of fused-ring (bicyclic) bond motifs is 1. The number of aromatic nitrogens is 5. The maximum atomic E-state index is 11.7. The molecule has 0 spiro atoms. The van der Waals surface area contributed by atoms with Crippen molar-refractivity contribution < 1.29 is 9.53 Å². The Hall–Kier alpha value is -3.94. The molecule has 4 rings (SSSR count). The SMILES string of the molecule is C=CC(=O)Nc1nn(C)cc1-c1cnc2[nH]cc(-c3ccnc(OC)c3)c2c1. The number of rotatable bonds is 5. The number of carbonyl (C=O) groups is 1. The van der Waals surface area contributed by atoms with E-state index in [0.717, 1.165) is 33.3 Å². The molecule has 0 aliphatic rings. The van der Waals surface area contributed by atoms with Crippen LogP contribution in [0, 0.1) is 0 Å². The minimum atomic E-state index is -0.319. The summed E-state index contributed by atoms with van der Waals surface area (Å²) >= 11 is 0. The zero-order chi connectivity index (χ0) is 19.7. The van der Waals surface area contributed by atoms with E-state index >= 15 is 0 Å². The summed E-state index contributed by atoms with van der Waals surface area (Å²) in [4.78, 5) is 23.6. The third-order valence-corrected chi connectivity index (χ3v) is 4.35. The normalized spacial score (nSPS) is 10.8. The van der Waals surface area contributed by atoms with Crippen molar-refractivity contribution in [3.8, 4) is 28.1 Å². The van der Waals surface area contributed by atoms with Gasteiger partial charge in [-0.15, -0.1) is 0 Å². The predicted octanol–water partition coefficient (Wildman–Crippen LogP) is 3.16. The Kier molecular flexibility index (Phi) is 4.36. The van der Waals surface area contributed by atoms with E-state index in [-0.39, 0.29) is 5.91 Å². The molecule has 0 bridgehead atoms. The standard InChI is InChI=1S/C20H18N6O2/c1-4-17(27)24-20-16(11-26(2)25-20)13-7-14-15(10-23-19(14)22-9-13)12-5-6-21-18(8-12)28-3/h4-11H,1H2,2-3H3,(H,22,23)(H,24,25,27). The first-order valence-corrected chi connectivity index (χ1v) is 8.54. The molecule has 8 heteroatoms. The number of aryl methyl sites for hydroxylation is 1. The molecule has 4 heterocycles. The van der Waals surface area contributed by atoms with Crippen molar-refractivity contribution >= 4 is 22.8 Å². The van der Waals surface area contributed by atoms with Gasteiger partial charge in [0, 0.05) is 60.0 Å². The summed E-state index contributed by atoms with van der Waals surface area (Å²) in [6.45, 7) is 3.48. The summed E-state index contributed by atoms with van der Waals surface area (Å²) in [6.07, 6.45) is 8.40. The molecule has 0 atom stereocenters. The van der Waals surface area contributed by atoms with Gasteiger partial charge in [-0.05, 0) is 23.8 Å². The summed E-state index contributed by atoms with van der Waals surface area (Å²) in [5.74, 6) is 0.675. The molecule has 0 radical (unpaired) electrons. The number of pyridine rings is 2. The van der Waals surface area contributed by atoms with Crippen molar-refractivity contribution in [1.82, 2.24) is 24.7 Å². The molecule has 140 valence electrons. The molecule has 0 saturated carbocycles. The number of anilines is 1. The number of hydrogen-bond donors (Lipinski definition) is 2. The van der Waals surface area contributed by atoms with Gasteiger partial charge in [-0.25, -0.2) is 9.97 Å². The van der Waals surface area contributed by atoms with Gasteiger partial charge >= 0.3 is 0 Å². The molecule has 0 unspecified atom stereocenters. The molecule has 8 nitrogen and oxygen atoms in total. The molecule has 0 aliphatic heterocycles. The van der Waals surface area contributed by atoms with E-state index in [2.05, 4.69) is 31.9 Å². The lowest BCUT2D eigenvalue weighted by atomic mass is 10.0. The minimum Gasteiger partial charge on any atom is -0.481 e. The number of ether oxygens (including phenoxy) is 1. The van der Waals surface area contributed by atoms with E-state index in [1.54, 1.807) is 31.2 Å². The number of hydrogen-bond acceptors (Lipinski definition) is 5. The molecular weight excluding hydrogens is 356 g/mol. The Bertz CT molecular complexity index is 1190. The molecule has 0 saturated heterocycles. The van der Waals surface area contributed by atoms with Gasteiger partial charge in [-0.2, -0.15) is 5.10 Å². The van der Waals surface area contributed by atoms with Crippen LogP contribution in [-0.2, 0) is 11.8 Å². The second-order valence-electron chi connectivity index (χ2n) is 6.17. The predicted molar refractivity (Wildman–Crippen MR) is 107 cm³/mol. The number of nitrogens with zero attached hydrogens (tertiary/aromatic N) is 4. The number of nitrogens with one attached hydrogen (secondary N) is 2. The van der Waals surface area contributed by atoms with Crippen molar-refractivity contribution in [2.45, 2.75) is 0 Å². The van der Waals surface area contributed by atoms with Crippen molar-refractivity contribution in [3.63, 3.8) is 0 Å². The van der Waals surface area contributed by atoms with E-state index in [9.17, 15) is 4.79 Å². The third-order valence-electron chi connectivity index (χ3n) is 4.35. The molecule has 4 aromatic rings. The first-order chi connectivity index (χ1) is 13.6. The molecule has 0 aliphatic carbocycles. The van der Waals surface area contributed by atoms with Gasteiger partial charge < -0.3 is 15.0 Å². The highest BCUT2D eigenvalue weighted by molar-refractivity contribution is 6.02. The number of amides is 1. The Balaban J connectivity index is 1.83. The van der Waals surface area contributed by atoms with Crippen LogP contribution >= 0.6 is 0 Å². The first kappa shape index (κ1) is 17.5. The molecule has 4 aromatic heterocycles. The van der Waals surface area contributed by atoms with Crippen LogP contribution in [0.4, 0.5) is 5.82 Å². The maximum absolute atomic E-state index is 11.7. The highest BCUT2D eigenvalue weighted by Crippen LogP contribution is 2.33. The van der Waals surface area contributed by atoms with Crippen LogP contribution in [0.3, 0.4) is 0 Å². The lowest BCUT2D eigenvalue weighted by Crippen LogP contribution is -2.09. The van der Waals surface area contributed by atoms with Gasteiger partial charge in [0.25, 0.3) is 0 Å². The Labute approximate surface area is 160 Å². The smallest absolute Gasteiger partial charge is 0.248 e. The fourth-order valence-corrected chi connectivity index (χ4v) is 3.04. The van der Waals surface area contributed by atoms with Gasteiger partial charge in [0.2, 0.25) is 11.8 Å². The van der Waals surface area contributed by atoms with Crippen LogP contribution in [0.1, 0.15) is 0 Å². The van der Waals surface area contributed by atoms with Gasteiger partial charge in [-0.1, -0.05) is 6.58 Å². The molecule has 1 amide bonds. The number of carbonyl (C=O) groups excluding carboxylic acids is 1. The fourth-order valence-electron chi connectivity index (χ4n) is 3.04. The Morgan fingerprint density at radius 3 is 2.93 bits per heavy atom. The average Bonchev–Trinajstić information content (AvgIpc) is 3.30. The molecule has 28 heavy (non-hydrogen) atoms. The van der Waals surface area contributed by atoms with Gasteiger partial charge in [0.15, 0.2) is 5.82 Å². The lowest BCUT2D eigenvalue weighted by molar-refractivity contribution is -0.111. The second-order valence-corrected chi connectivity index (χ2v) is 6.17. The minimum absolute atomic E-state index is 0.319. The van der Waals surface area contributed by atoms with Crippen molar-refractivity contribution in [1.29, 1.82) is 0 Å². The summed E-state index contributed by atoms with van der Waals surface area (Å²) in [5.41, 5.74) is 4.30. The summed E-state index contributed by atoms with van der Waals surface area (Å²) in [6, 6.07) is 5.80. The van der Waals surface area contributed by atoms with Crippen LogP contribution in [0.25, 0.3) is 33.3 Å². The first-order valence-electron chi connectivity index (χ1n) is 8.54. The van der Waals surface area contributed by atoms with Crippen LogP contribution < -0.4 is 10.1 Å². The number of methoxy groups -OCH3 is 1. The van der Waals surface area contributed by atoms with Gasteiger partial charge in [0.1, 0.15) is 5.65 Å². The monoisotopic (exact) mass is 374 g/mol. The molecule has 0 fully saturated rings. The lowest BCUT2D eigenvalue weighted by Gasteiger charge is -2.05. The summed E-state index contributed by atoms with van der Waals surface area (Å²) < 4.78 is 6.87. The second kappa shape index (κ2) is 6.99.